The number of carboxylic acids is 1. The molecule has 1 fully saturated rings. The number of thioether (sulfide) groups is 1. The molecule has 4 rings (SSSR count). The number of aliphatic carboxylic acids is 1. The molecule has 0 aliphatic carbocycles. The molecule has 1 aromatic heterocycles. The number of nitrogens with one attached hydrogen (secondary N) is 1. The van der Waals surface area contributed by atoms with E-state index < -0.39 is 5.97 Å². The van der Waals surface area contributed by atoms with Crippen molar-refractivity contribution in [1.82, 2.24) is 20.0 Å². The Balaban J connectivity index is 1.60. The zero-order chi connectivity index (χ0) is 14.6. The molecule has 108 valence electrons. The Kier molecular flexibility index (Phi) is 2.69. The number of hydrogen-bond acceptors (Lipinski definition) is 5. The Labute approximate surface area is 124 Å². The van der Waals surface area contributed by atoms with Crippen LogP contribution in [0.1, 0.15) is 11.4 Å². The predicted molar refractivity (Wildman–Crippen MR) is 75.9 cm³/mol. The minimum atomic E-state index is -1.07. The SMILES string of the molecule is O=C(O)C1=CSC2/C(=C\c3cc4n(n3)CCNC4)C(=O)N12. The molecule has 0 spiro atoms. The van der Waals surface area contributed by atoms with Crippen LogP contribution in [0.15, 0.2) is 22.7 Å². The van der Waals surface area contributed by atoms with Crippen LogP contribution in [0, 0.1) is 0 Å². The average Bonchev–Trinajstić information content (AvgIpc) is 3.05. The van der Waals surface area contributed by atoms with E-state index in [0.717, 1.165) is 31.0 Å². The van der Waals surface area contributed by atoms with E-state index in [1.807, 2.05) is 10.7 Å². The molecule has 7 nitrogen and oxygen atoms in total. The number of carbonyl (C=O) groups is 2. The lowest BCUT2D eigenvalue weighted by Gasteiger charge is -2.36. The normalized spacial score (nSPS) is 25.4. The smallest absolute Gasteiger partial charge is 0.353 e. The van der Waals surface area contributed by atoms with E-state index in [4.69, 9.17) is 5.11 Å². The third-order valence-electron chi connectivity index (χ3n) is 3.75. The largest absolute Gasteiger partial charge is 0.477 e. The molecule has 1 atom stereocenters. The molecule has 2 N–H and O–H groups in total. The highest BCUT2D eigenvalue weighted by Gasteiger charge is 2.49. The van der Waals surface area contributed by atoms with Crippen molar-refractivity contribution in [2.24, 2.45) is 0 Å². The van der Waals surface area contributed by atoms with E-state index >= 15 is 0 Å². The number of β-lactam (4-membered cyclic amide) rings is 1. The van der Waals surface area contributed by atoms with Crippen LogP contribution in [0.4, 0.5) is 0 Å². The number of nitrogens with zero attached hydrogens (tertiary/aromatic N) is 3. The molecule has 1 amide bonds. The maximum Gasteiger partial charge on any atom is 0.353 e. The molecule has 21 heavy (non-hydrogen) atoms. The maximum absolute atomic E-state index is 12.1. The fourth-order valence-electron chi connectivity index (χ4n) is 2.71. The molecular formula is C13H12N4O3S. The standard InChI is InChI=1S/C13H12N4O3S/c18-11-9(12-17(11)10(6-21-12)13(19)20)4-7-3-8-5-14-1-2-16(8)15-7/h3-4,6,12,14H,1-2,5H2,(H,19,20)/b9-4-. The van der Waals surface area contributed by atoms with Gasteiger partial charge in [0.25, 0.3) is 5.91 Å². The van der Waals surface area contributed by atoms with Gasteiger partial charge in [0.05, 0.1) is 23.5 Å². The van der Waals surface area contributed by atoms with Gasteiger partial charge in [0.2, 0.25) is 0 Å². The third-order valence-corrected chi connectivity index (χ3v) is 4.83. The predicted octanol–water partition coefficient (Wildman–Crippen LogP) is 0.211. The quantitative estimate of drug-likeness (QED) is 0.600. The molecule has 1 aromatic rings. The average molecular weight is 304 g/mol. The third kappa shape index (κ3) is 1.83. The van der Waals surface area contributed by atoms with Gasteiger partial charge in [0.15, 0.2) is 0 Å². The zero-order valence-electron chi connectivity index (χ0n) is 10.9. The molecule has 3 aliphatic rings. The van der Waals surface area contributed by atoms with Crippen LogP contribution >= 0.6 is 11.8 Å². The molecule has 1 saturated heterocycles. The molecule has 1 unspecified atom stereocenters. The van der Waals surface area contributed by atoms with Crippen molar-refractivity contribution in [3.05, 3.63) is 34.1 Å². The van der Waals surface area contributed by atoms with Gasteiger partial charge in [0, 0.05) is 18.5 Å². The first kappa shape index (κ1) is 12.7. The second-order valence-electron chi connectivity index (χ2n) is 5.03. The minimum Gasteiger partial charge on any atom is -0.477 e. The van der Waals surface area contributed by atoms with Crippen molar-refractivity contribution in [3.8, 4) is 0 Å². The monoisotopic (exact) mass is 304 g/mol. The Hall–Kier alpha value is -2.06. The van der Waals surface area contributed by atoms with Crippen LogP contribution in [0.5, 0.6) is 0 Å². The number of amides is 1. The summed E-state index contributed by atoms with van der Waals surface area (Å²) < 4.78 is 1.94. The molecule has 4 heterocycles. The maximum atomic E-state index is 12.1. The Bertz CT molecular complexity index is 697. The second-order valence-corrected chi connectivity index (χ2v) is 5.99. The molecule has 0 aromatic carbocycles. The Morgan fingerprint density at radius 2 is 2.43 bits per heavy atom. The molecule has 8 heteroatoms. The zero-order valence-corrected chi connectivity index (χ0v) is 11.8. The summed E-state index contributed by atoms with van der Waals surface area (Å²) in [4.78, 5) is 24.4. The Morgan fingerprint density at radius 1 is 1.57 bits per heavy atom. The number of carbonyl (C=O) groups excluding carboxylic acids is 1. The first-order valence-electron chi connectivity index (χ1n) is 6.56. The van der Waals surface area contributed by atoms with Crippen LogP contribution in [-0.2, 0) is 22.7 Å². The van der Waals surface area contributed by atoms with Crippen LogP contribution < -0.4 is 5.32 Å². The summed E-state index contributed by atoms with van der Waals surface area (Å²) in [5.41, 5.74) is 2.51. The van der Waals surface area contributed by atoms with E-state index in [0.29, 0.717) is 5.57 Å². The summed E-state index contributed by atoms with van der Waals surface area (Å²) in [7, 11) is 0. The summed E-state index contributed by atoms with van der Waals surface area (Å²) in [5, 5.41) is 18.0. The lowest BCUT2D eigenvalue weighted by Crippen LogP contribution is -2.51. The molecule has 0 bridgehead atoms. The van der Waals surface area contributed by atoms with E-state index in [9.17, 15) is 9.59 Å². The van der Waals surface area contributed by atoms with Crippen molar-refractivity contribution >= 4 is 29.7 Å². The number of carboxylic acid groups (broad SMARTS) is 1. The van der Waals surface area contributed by atoms with E-state index in [1.54, 1.807) is 6.08 Å². The first-order chi connectivity index (χ1) is 10.1. The second kappa shape index (κ2) is 4.47. The molecular weight excluding hydrogens is 292 g/mol. The fraction of sp³-hybridized carbons (Fsp3) is 0.308. The highest BCUT2D eigenvalue weighted by Crippen LogP contribution is 2.44. The highest BCUT2D eigenvalue weighted by molar-refractivity contribution is 8.03. The van der Waals surface area contributed by atoms with Gasteiger partial charge in [-0.3, -0.25) is 14.4 Å². The summed E-state index contributed by atoms with van der Waals surface area (Å²) in [6, 6.07) is 1.96. The van der Waals surface area contributed by atoms with E-state index in [-0.39, 0.29) is 17.0 Å². The summed E-state index contributed by atoms with van der Waals surface area (Å²) >= 11 is 1.34. The van der Waals surface area contributed by atoms with Gasteiger partial charge in [-0.05, 0) is 12.1 Å². The number of rotatable bonds is 2. The van der Waals surface area contributed by atoms with Crippen LogP contribution in [0.25, 0.3) is 6.08 Å². The van der Waals surface area contributed by atoms with Gasteiger partial charge in [-0.2, -0.15) is 5.10 Å². The van der Waals surface area contributed by atoms with Crippen molar-refractivity contribution in [2.75, 3.05) is 6.54 Å². The summed E-state index contributed by atoms with van der Waals surface area (Å²) in [5.74, 6) is -1.32. The lowest BCUT2D eigenvalue weighted by atomic mass is 10.0. The lowest BCUT2D eigenvalue weighted by molar-refractivity contribution is -0.141. The van der Waals surface area contributed by atoms with E-state index in [1.165, 1.54) is 22.1 Å². The summed E-state index contributed by atoms with van der Waals surface area (Å²) in [6.07, 6.45) is 1.76. The Morgan fingerprint density at radius 3 is 3.19 bits per heavy atom. The van der Waals surface area contributed by atoms with Crippen molar-refractivity contribution in [2.45, 2.75) is 18.5 Å². The number of fused-ring (bicyclic) bond motifs is 2. The molecule has 0 radical (unpaired) electrons. The minimum absolute atomic E-state index is 0.0560. The van der Waals surface area contributed by atoms with Crippen molar-refractivity contribution in [3.63, 3.8) is 0 Å². The van der Waals surface area contributed by atoms with Gasteiger partial charge >= 0.3 is 5.97 Å². The molecule has 3 aliphatic heterocycles. The number of aromatic nitrogens is 2. The van der Waals surface area contributed by atoms with Crippen molar-refractivity contribution in [1.29, 1.82) is 0 Å². The van der Waals surface area contributed by atoms with Crippen LogP contribution in [0.3, 0.4) is 0 Å². The van der Waals surface area contributed by atoms with Crippen molar-refractivity contribution < 1.29 is 14.7 Å². The van der Waals surface area contributed by atoms with Gasteiger partial charge in [0.1, 0.15) is 11.1 Å². The molecule has 0 saturated carbocycles. The van der Waals surface area contributed by atoms with Gasteiger partial charge < -0.3 is 10.4 Å². The summed E-state index contributed by atoms with van der Waals surface area (Å²) in [6.45, 7) is 2.49. The van der Waals surface area contributed by atoms with E-state index in [2.05, 4.69) is 10.4 Å². The van der Waals surface area contributed by atoms with Crippen LogP contribution in [0.2, 0.25) is 0 Å². The fourth-order valence-corrected chi connectivity index (χ4v) is 3.83. The highest BCUT2D eigenvalue weighted by atomic mass is 32.2. The topological polar surface area (TPSA) is 87.5 Å². The van der Waals surface area contributed by atoms with Crippen LogP contribution in [-0.4, -0.2) is 43.6 Å². The first-order valence-corrected chi connectivity index (χ1v) is 7.51. The van der Waals surface area contributed by atoms with Gasteiger partial charge in [-0.15, -0.1) is 11.8 Å². The number of hydrogen-bond donors (Lipinski definition) is 2. The van der Waals surface area contributed by atoms with Gasteiger partial charge in [-0.1, -0.05) is 0 Å². The van der Waals surface area contributed by atoms with Gasteiger partial charge in [-0.25, -0.2) is 4.79 Å².